The molecule has 0 aromatic heterocycles. The molecule has 15 heavy (non-hydrogen) atoms. The summed E-state index contributed by atoms with van der Waals surface area (Å²) in [6, 6.07) is 9.22. The van der Waals surface area contributed by atoms with Crippen LogP contribution in [0.5, 0.6) is 0 Å². The first-order chi connectivity index (χ1) is 7.13. The zero-order valence-electron chi connectivity index (χ0n) is 9.76. The van der Waals surface area contributed by atoms with E-state index in [0.717, 1.165) is 11.0 Å². The smallest absolute Gasteiger partial charge is 0.0175 e. The van der Waals surface area contributed by atoms with Gasteiger partial charge in [-0.1, -0.05) is 48.8 Å². The van der Waals surface area contributed by atoms with Crippen LogP contribution in [0.15, 0.2) is 28.7 Å². The highest BCUT2D eigenvalue weighted by molar-refractivity contribution is 9.10. The Bertz CT molecular complexity index is 279. The van der Waals surface area contributed by atoms with Gasteiger partial charge in [0.05, 0.1) is 0 Å². The summed E-state index contributed by atoms with van der Waals surface area (Å²) in [5, 5.41) is 3.50. The molecule has 0 amide bonds. The van der Waals surface area contributed by atoms with Gasteiger partial charge in [0, 0.05) is 17.1 Å². The molecule has 0 aliphatic rings. The number of rotatable bonds is 5. The maximum absolute atomic E-state index is 3.50. The Morgan fingerprint density at radius 1 is 1.20 bits per heavy atom. The van der Waals surface area contributed by atoms with Crippen LogP contribution in [-0.2, 0) is 0 Å². The first-order valence-corrected chi connectivity index (χ1v) is 6.41. The van der Waals surface area contributed by atoms with Crippen LogP contribution in [0.4, 0.5) is 0 Å². The van der Waals surface area contributed by atoms with Gasteiger partial charge >= 0.3 is 0 Å². The summed E-state index contributed by atoms with van der Waals surface area (Å²) in [6.45, 7) is 7.69. The fraction of sp³-hybridized carbons (Fsp3) is 0.538. The molecule has 1 rings (SSSR count). The van der Waals surface area contributed by atoms with E-state index in [1.54, 1.807) is 0 Å². The summed E-state index contributed by atoms with van der Waals surface area (Å²) in [5.41, 5.74) is 1.42. The third kappa shape index (κ3) is 4.35. The van der Waals surface area contributed by atoms with E-state index in [9.17, 15) is 0 Å². The van der Waals surface area contributed by atoms with Gasteiger partial charge in [-0.25, -0.2) is 0 Å². The molecule has 0 aliphatic heterocycles. The van der Waals surface area contributed by atoms with Gasteiger partial charge in [-0.3, -0.25) is 0 Å². The maximum Gasteiger partial charge on any atom is 0.0175 e. The summed E-state index contributed by atoms with van der Waals surface area (Å²) in [5.74, 6) is 0.625. The Labute approximate surface area is 101 Å². The first kappa shape index (κ1) is 12.7. The van der Waals surface area contributed by atoms with Crippen molar-refractivity contribution in [1.82, 2.24) is 5.32 Å². The van der Waals surface area contributed by atoms with Gasteiger partial charge < -0.3 is 5.32 Å². The molecular weight excluding hydrogens is 250 g/mol. The lowest BCUT2D eigenvalue weighted by molar-refractivity contribution is 0.520. The van der Waals surface area contributed by atoms with Crippen LogP contribution in [-0.4, -0.2) is 12.6 Å². The summed E-state index contributed by atoms with van der Waals surface area (Å²) in [6.07, 6.45) is 1.18. The van der Waals surface area contributed by atoms with Crippen LogP contribution in [0.1, 0.15) is 38.7 Å². The lowest BCUT2D eigenvalue weighted by Crippen LogP contribution is -2.27. The largest absolute Gasteiger partial charge is 0.314 e. The van der Waals surface area contributed by atoms with Crippen molar-refractivity contribution < 1.29 is 0 Å². The minimum Gasteiger partial charge on any atom is -0.314 e. The van der Waals surface area contributed by atoms with Crippen molar-refractivity contribution in [2.45, 2.75) is 39.2 Å². The molecule has 1 aromatic rings. The van der Waals surface area contributed by atoms with Gasteiger partial charge in [0.15, 0.2) is 0 Å². The van der Waals surface area contributed by atoms with E-state index in [1.165, 1.54) is 12.0 Å². The Morgan fingerprint density at radius 2 is 1.80 bits per heavy atom. The molecule has 0 aliphatic carbocycles. The molecule has 1 nitrogen and oxygen atoms in total. The van der Waals surface area contributed by atoms with Crippen LogP contribution in [0.2, 0.25) is 0 Å². The Balaban J connectivity index is 2.61. The monoisotopic (exact) mass is 269 g/mol. The van der Waals surface area contributed by atoms with E-state index in [-0.39, 0.29) is 0 Å². The molecule has 0 saturated heterocycles. The Morgan fingerprint density at radius 3 is 2.27 bits per heavy atom. The second-order valence-electron chi connectivity index (χ2n) is 4.22. The molecule has 0 heterocycles. The number of nitrogens with one attached hydrogen (secondary N) is 1. The normalized spacial score (nSPS) is 13.1. The second-order valence-corrected chi connectivity index (χ2v) is 5.14. The van der Waals surface area contributed by atoms with Crippen molar-refractivity contribution in [3.05, 3.63) is 34.3 Å². The molecule has 0 fully saturated rings. The van der Waals surface area contributed by atoms with E-state index in [0.29, 0.717) is 12.0 Å². The second kappa shape index (κ2) is 6.29. The lowest BCUT2D eigenvalue weighted by Gasteiger charge is -2.18. The summed E-state index contributed by atoms with van der Waals surface area (Å²) in [4.78, 5) is 0. The van der Waals surface area contributed by atoms with E-state index < -0.39 is 0 Å². The van der Waals surface area contributed by atoms with Crippen LogP contribution in [0.25, 0.3) is 0 Å². The van der Waals surface area contributed by atoms with Crippen molar-refractivity contribution >= 4 is 15.9 Å². The highest BCUT2D eigenvalue weighted by Crippen LogP contribution is 2.21. The average molecular weight is 270 g/mol. The SMILES string of the molecule is CCC(CNC(C)C)c1ccc(Br)cc1. The molecule has 2 heteroatoms. The summed E-state index contributed by atoms with van der Waals surface area (Å²) >= 11 is 3.46. The Hall–Kier alpha value is -0.340. The molecular formula is C13H20BrN. The maximum atomic E-state index is 3.50. The van der Waals surface area contributed by atoms with Gasteiger partial charge in [-0.2, -0.15) is 0 Å². The quantitative estimate of drug-likeness (QED) is 0.854. The lowest BCUT2D eigenvalue weighted by atomic mass is 9.96. The standard InChI is InChI=1S/C13H20BrN/c1-4-11(9-15-10(2)3)12-5-7-13(14)8-6-12/h5-8,10-11,15H,4,9H2,1-3H3. The van der Waals surface area contributed by atoms with Gasteiger partial charge in [0.2, 0.25) is 0 Å². The summed E-state index contributed by atoms with van der Waals surface area (Å²) < 4.78 is 1.15. The molecule has 0 radical (unpaired) electrons. The number of hydrogen-bond acceptors (Lipinski definition) is 1. The van der Waals surface area contributed by atoms with Gasteiger partial charge in [0.1, 0.15) is 0 Å². The molecule has 1 unspecified atom stereocenters. The third-order valence-corrected chi connectivity index (χ3v) is 3.14. The van der Waals surface area contributed by atoms with E-state index in [2.05, 4.69) is 66.3 Å². The van der Waals surface area contributed by atoms with Crippen molar-refractivity contribution in [3.63, 3.8) is 0 Å². The molecule has 1 N–H and O–H groups in total. The van der Waals surface area contributed by atoms with E-state index in [1.807, 2.05) is 0 Å². The molecule has 0 saturated carbocycles. The zero-order valence-corrected chi connectivity index (χ0v) is 11.3. The van der Waals surface area contributed by atoms with Gasteiger partial charge in [-0.15, -0.1) is 0 Å². The van der Waals surface area contributed by atoms with Crippen LogP contribution < -0.4 is 5.32 Å². The van der Waals surface area contributed by atoms with Crippen LogP contribution >= 0.6 is 15.9 Å². The fourth-order valence-corrected chi connectivity index (χ4v) is 1.88. The van der Waals surface area contributed by atoms with Gasteiger partial charge in [0.25, 0.3) is 0 Å². The van der Waals surface area contributed by atoms with Gasteiger partial charge in [-0.05, 0) is 30.0 Å². The van der Waals surface area contributed by atoms with E-state index in [4.69, 9.17) is 0 Å². The van der Waals surface area contributed by atoms with Crippen molar-refractivity contribution in [1.29, 1.82) is 0 Å². The predicted octanol–water partition coefficient (Wildman–Crippen LogP) is 3.94. The third-order valence-electron chi connectivity index (χ3n) is 2.61. The molecule has 1 atom stereocenters. The van der Waals surface area contributed by atoms with Crippen LogP contribution in [0.3, 0.4) is 0 Å². The molecule has 0 bridgehead atoms. The Kier molecular flexibility index (Phi) is 5.34. The highest BCUT2D eigenvalue weighted by Gasteiger charge is 2.09. The predicted molar refractivity (Wildman–Crippen MR) is 70.3 cm³/mol. The number of hydrogen-bond donors (Lipinski definition) is 1. The first-order valence-electron chi connectivity index (χ1n) is 5.62. The van der Waals surface area contributed by atoms with E-state index >= 15 is 0 Å². The van der Waals surface area contributed by atoms with Crippen LogP contribution in [0, 0.1) is 0 Å². The minimum atomic E-state index is 0.564. The van der Waals surface area contributed by atoms with Crippen molar-refractivity contribution in [2.24, 2.45) is 0 Å². The molecule has 84 valence electrons. The number of benzene rings is 1. The number of halogens is 1. The summed E-state index contributed by atoms with van der Waals surface area (Å²) in [7, 11) is 0. The zero-order chi connectivity index (χ0) is 11.3. The minimum absolute atomic E-state index is 0.564. The fourth-order valence-electron chi connectivity index (χ4n) is 1.61. The average Bonchev–Trinajstić information content (AvgIpc) is 2.21. The molecule has 0 spiro atoms. The van der Waals surface area contributed by atoms with Crippen molar-refractivity contribution in [2.75, 3.05) is 6.54 Å². The molecule has 1 aromatic carbocycles. The highest BCUT2D eigenvalue weighted by atomic mass is 79.9. The van der Waals surface area contributed by atoms with Crippen molar-refractivity contribution in [3.8, 4) is 0 Å². The topological polar surface area (TPSA) is 12.0 Å².